The zero-order valence-electron chi connectivity index (χ0n) is 22.8. The molecule has 0 bridgehead atoms. The van der Waals surface area contributed by atoms with Crippen molar-refractivity contribution in [3.05, 3.63) is 127 Å². The Hall–Kier alpha value is -3.46. The summed E-state index contributed by atoms with van der Waals surface area (Å²) >= 11 is 0. The van der Waals surface area contributed by atoms with Gasteiger partial charge in [0.15, 0.2) is 0 Å². The summed E-state index contributed by atoms with van der Waals surface area (Å²) in [6, 6.07) is 38.0. The van der Waals surface area contributed by atoms with Gasteiger partial charge >= 0.3 is 20.1 Å². The molecule has 0 spiro atoms. The first-order valence-electron chi connectivity index (χ1n) is 13.3. The van der Waals surface area contributed by atoms with Gasteiger partial charge in [-0.25, -0.2) is 0 Å². The van der Waals surface area contributed by atoms with Crippen LogP contribution in [0.2, 0.25) is 0 Å². The van der Waals surface area contributed by atoms with Crippen molar-refractivity contribution in [2.24, 2.45) is 5.92 Å². The number of rotatable bonds is 3. The van der Waals surface area contributed by atoms with Gasteiger partial charge in [-0.2, -0.15) is 18.8 Å². The molecular formula is C35H32IrN3. The predicted molar refractivity (Wildman–Crippen MR) is 158 cm³/mol. The van der Waals surface area contributed by atoms with Gasteiger partial charge < -0.3 is 14.8 Å². The minimum atomic E-state index is -0.0593. The summed E-state index contributed by atoms with van der Waals surface area (Å²) in [6.45, 7) is 12.5. The number of aromatic nitrogens is 1. The Bertz CT molecular complexity index is 1540. The standard InChI is InChI=1S/C24H24N2.C11H8N.Ir/c1-16(2)14-25-15-26-20-13-12-17-8-5-6-9-18(17)22(20)24(3,4)19-10-7-11-21(25)23(19)26;1-2-6-10(7-3-1)11-8-4-5-9-12-11;/h5-12,15-16H,14H2,1-4H3;1-6,8-9H;/q-2;-1;+3. The average molecular weight is 687 g/mol. The molecule has 3 heterocycles. The van der Waals surface area contributed by atoms with Gasteiger partial charge in [-0.3, -0.25) is 0 Å². The van der Waals surface area contributed by atoms with Gasteiger partial charge in [0.1, 0.15) is 0 Å². The van der Waals surface area contributed by atoms with Crippen molar-refractivity contribution in [3.8, 4) is 11.3 Å². The van der Waals surface area contributed by atoms with Gasteiger partial charge in [0.05, 0.1) is 0 Å². The molecule has 0 amide bonds. The van der Waals surface area contributed by atoms with Crippen LogP contribution in [0, 0.1) is 24.7 Å². The van der Waals surface area contributed by atoms with Crippen LogP contribution < -0.4 is 9.80 Å². The number of pyridine rings is 1. The minimum absolute atomic E-state index is 0. The van der Waals surface area contributed by atoms with Crippen LogP contribution in [0.4, 0.5) is 17.1 Å². The number of fused-ring (bicyclic) bond motifs is 4. The summed E-state index contributed by atoms with van der Waals surface area (Å²) in [6.07, 6.45) is 1.79. The summed E-state index contributed by atoms with van der Waals surface area (Å²) < 4.78 is 0. The summed E-state index contributed by atoms with van der Waals surface area (Å²) in [7, 11) is 0. The van der Waals surface area contributed by atoms with E-state index in [-0.39, 0.29) is 25.5 Å². The van der Waals surface area contributed by atoms with Gasteiger partial charge in [0.25, 0.3) is 0 Å². The maximum Gasteiger partial charge on any atom is 3.00 e. The SMILES string of the molecule is CC(C)CN1[CH-]N2c3[c-]cc4ccccc4c3C(C)(C)c3cccc1c32.[Ir+3].[c-]1ccccc1-c1ccccn1. The van der Waals surface area contributed by atoms with Crippen LogP contribution in [0.3, 0.4) is 0 Å². The maximum atomic E-state index is 4.22. The van der Waals surface area contributed by atoms with Crippen LogP contribution in [-0.4, -0.2) is 11.5 Å². The number of anilines is 3. The van der Waals surface area contributed by atoms with E-state index in [1.54, 1.807) is 6.20 Å². The van der Waals surface area contributed by atoms with Gasteiger partial charge in [-0.15, -0.1) is 58.3 Å². The number of hydrogen-bond donors (Lipinski definition) is 0. The van der Waals surface area contributed by atoms with E-state index in [0.717, 1.165) is 17.8 Å². The van der Waals surface area contributed by atoms with Crippen molar-refractivity contribution in [1.82, 2.24) is 4.98 Å². The van der Waals surface area contributed by atoms with Crippen LogP contribution in [0.15, 0.2) is 97.2 Å². The zero-order valence-corrected chi connectivity index (χ0v) is 25.2. The Balaban J connectivity index is 0.000000200. The van der Waals surface area contributed by atoms with E-state index in [1.165, 1.54) is 39.0 Å². The summed E-state index contributed by atoms with van der Waals surface area (Å²) in [5.41, 5.74) is 8.57. The molecule has 39 heavy (non-hydrogen) atoms. The van der Waals surface area contributed by atoms with E-state index in [2.05, 4.69) is 110 Å². The molecule has 7 rings (SSSR count). The van der Waals surface area contributed by atoms with Crippen molar-refractivity contribution >= 4 is 27.8 Å². The molecule has 0 unspecified atom stereocenters. The largest absolute Gasteiger partial charge is 3.00 e. The van der Waals surface area contributed by atoms with E-state index in [4.69, 9.17) is 0 Å². The van der Waals surface area contributed by atoms with Crippen LogP contribution in [0.5, 0.6) is 0 Å². The smallest absolute Gasteiger partial charge is 0.501 e. The molecule has 2 aliphatic rings. The first kappa shape index (κ1) is 27.1. The van der Waals surface area contributed by atoms with Gasteiger partial charge in [0.2, 0.25) is 0 Å². The molecule has 0 N–H and O–H groups in total. The molecule has 2 aliphatic heterocycles. The molecule has 0 saturated carbocycles. The molecular weight excluding hydrogens is 655 g/mol. The first-order chi connectivity index (χ1) is 18.4. The summed E-state index contributed by atoms with van der Waals surface area (Å²) in [5, 5.41) is 2.59. The second-order valence-corrected chi connectivity index (χ2v) is 10.9. The van der Waals surface area contributed by atoms with Crippen molar-refractivity contribution in [3.63, 3.8) is 0 Å². The van der Waals surface area contributed by atoms with Gasteiger partial charge in [0, 0.05) is 17.6 Å². The van der Waals surface area contributed by atoms with E-state index in [1.807, 2.05) is 42.5 Å². The number of hydrogen-bond acceptors (Lipinski definition) is 3. The maximum absolute atomic E-state index is 4.22. The Morgan fingerprint density at radius 1 is 0.897 bits per heavy atom. The van der Waals surface area contributed by atoms with E-state index < -0.39 is 0 Å². The van der Waals surface area contributed by atoms with Crippen molar-refractivity contribution < 1.29 is 20.1 Å². The average Bonchev–Trinajstić information content (AvgIpc) is 3.31. The van der Waals surface area contributed by atoms with Crippen molar-refractivity contribution in [2.45, 2.75) is 33.1 Å². The molecule has 5 aromatic rings. The second-order valence-electron chi connectivity index (χ2n) is 10.9. The van der Waals surface area contributed by atoms with Gasteiger partial charge in [-0.1, -0.05) is 75.8 Å². The Labute approximate surface area is 245 Å². The third-order valence-corrected chi connectivity index (χ3v) is 7.40. The molecule has 0 radical (unpaired) electrons. The molecule has 0 saturated heterocycles. The molecule has 196 valence electrons. The normalized spacial score (nSPS) is 14.3. The van der Waals surface area contributed by atoms with Crippen LogP contribution >= 0.6 is 0 Å². The Kier molecular flexibility index (Phi) is 7.62. The quantitative estimate of drug-likeness (QED) is 0.177. The molecule has 0 atom stereocenters. The van der Waals surface area contributed by atoms with Crippen LogP contribution in [0.1, 0.15) is 38.8 Å². The fraction of sp³-hybridized carbons (Fsp3) is 0.200. The van der Waals surface area contributed by atoms with E-state index >= 15 is 0 Å². The predicted octanol–water partition coefficient (Wildman–Crippen LogP) is 8.56. The molecule has 3 nitrogen and oxygen atoms in total. The first-order valence-corrected chi connectivity index (χ1v) is 13.3. The number of benzene rings is 4. The minimum Gasteiger partial charge on any atom is -0.501 e. The Morgan fingerprint density at radius 3 is 2.44 bits per heavy atom. The van der Waals surface area contributed by atoms with Crippen molar-refractivity contribution in [2.75, 3.05) is 16.3 Å². The van der Waals surface area contributed by atoms with E-state index in [0.29, 0.717) is 5.92 Å². The topological polar surface area (TPSA) is 19.4 Å². The van der Waals surface area contributed by atoms with E-state index in [9.17, 15) is 0 Å². The van der Waals surface area contributed by atoms with Gasteiger partial charge in [-0.05, 0) is 41.3 Å². The number of nitrogens with zero attached hydrogens (tertiary/aromatic N) is 3. The second kappa shape index (κ2) is 11.0. The monoisotopic (exact) mass is 687 g/mol. The third kappa shape index (κ3) is 4.88. The van der Waals surface area contributed by atoms with Crippen LogP contribution in [0.25, 0.3) is 22.0 Å². The van der Waals surface area contributed by atoms with Crippen LogP contribution in [-0.2, 0) is 25.5 Å². The molecule has 0 aliphatic carbocycles. The zero-order chi connectivity index (χ0) is 26.3. The molecule has 0 fully saturated rings. The molecule has 1 aromatic heterocycles. The number of para-hydroxylation sites is 1. The Morgan fingerprint density at radius 2 is 1.69 bits per heavy atom. The molecule has 4 aromatic carbocycles. The summed E-state index contributed by atoms with van der Waals surface area (Å²) in [4.78, 5) is 8.98. The fourth-order valence-corrected chi connectivity index (χ4v) is 5.72. The van der Waals surface area contributed by atoms with Crippen molar-refractivity contribution in [1.29, 1.82) is 0 Å². The molecule has 4 heteroatoms. The fourth-order valence-electron chi connectivity index (χ4n) is 5.72. The third-order valence-electron chi connectivity index (χ3n) is 7.40. The summed E-state index contributed by atoms with van der Waals surface area (Å²) in [5.74, 6) is 0.608.